The fraction of sp³-hybridized carbons (Fsp3) is 0.417. The van der Waals surface area contributed by atoms with Gasteiger partial charge >= 0.3 is 7.12 Å². The first-order chi connectivity index (χ1) is 22.1. The van der Waals surface area contributed by atoms with Gasteiger partial charge < -0.3 is 9.31 Å². The van der Waals surface area contributed by atoms with Crippen molar-refractivity contribution >= 4 is 96.6 Å². The van der Waals surface area contributed by atoms with Gasteiger partial charge in [0.2, 0.25) is 0 Å². The summed E-state index contributed by atoms with van der Waals surface area (Å²) >= 11 is 25.1. The molecule has 1 saturated heterocycles. The summed E-state index contributed by atoms with van der Waals surface area (Å²) in [7, 11) is -0.467. The molecule has 5 nitrogen and oxygen atoms in total. The first kappa shape index (κ1) is 36.8. The lowest BCUT2D eigenvalue weighted by molar-refractivity contribution is -0.119. The van der Waals surface area contributed by atoms with Crippen molar-refractivity contribution in [2.45, 2.75) is 96.7 Å². The Labute approximate surface area is 308 Å². The lowest BCUT2D eigenvalue weighted by atomic mass is 9.71. The highest BCUT2D eigenvalue weighted by atomic mass is 79.9. The van der Waals surface area contributed by atoms with Gasteiger partial charge in [0.1, 0.15) is 17.3 Å². The highest BCUT2D eigenvalue weighted by molar-refractivity contribution is 9.11. The molecule has 0 N–H and O–H groups in total. The van der Waals surface area contributed by atoms with Crippen molar-refractivity contribution in [3.05, 3.63) is 93.8 Å². The van der Waals surface area contributed by atoms with Crippen LogP contribution in [0.15, 0.2) is 45.3 Å². The zero-order valence-corrected chi connectivity index (χ0v) is 32.3. The first-order valence-electron chi connectivity index (χ1n) is 15.7. The van der Waals surface area contributed by atoms with E-state index in [1.54, 1.807) is 0 Å². The zero-order valence-electron chi connectivity index (χ0n) is 26.8. The van der Waals surface area contributed by atoms with Crippen molar-refractivity contribution in [1.29, 1.82) is 0 Å². The summed E-state index contributed by atoms with van der Waals surface area (Å²) in [5, 5.41) is 2.11. The zero-order chi connectivity index (χ0) is 34.3. The molecule has 3 aromatic carbocycles. The Morgan fingerprint density at radius 2 is 1.09 bits per heavy atom. The number of halogens is 5. The number of hydrogen-bond donors (Lipinski definition) is 0. The monoisotopic (exact) mass is 822 g/mol. The quantitative estimate of drug-likeness (QED) is 0.229. The van der Waals surface area contributed by atoms with Gasteiger partial charge in [0.15, 0.2) is 0 Å². The lowest BCUT2D eigenvalue weighted by Gasteiger charge is -2.32. The summed E-state index contributed by atoms with van der Waals surface area (Å²) in [6, 6.07) is 11.5. The molecule has 47 heavy (non-hydrogen) atoms. The number of carbonyl (C=O) groups is 3. The molecule has 0 spiro atoms. The first-order valence-corrected chi connectivity index (χ1v) is 18.4. The second kappa shape index (κ2) is 14.8. The molecule has 0 atom stereocenters. The van der Waals surface area contributed by atoms with Gasteiger partial charge in [0.25, 0.3) is 0 Å². The van der Waals surface area contributed by atoms with E-state index in [-0.39, 0.29) is 5.78 Å². The molecule has 0 amide bonds. The van der Waals surface area contributed by atoms with Crippen LogP contribution < -0.4 is 5.46 Å². The van der Waals surface area contributed by atoms with Crippen LogP contribution in [0.5, 0.6) is 0 Å². The molecule has 3 aliphatic carbocycles. The molecule has 248 valence electrons. The van der Waals surface area contributed by atoms with Crippen LogP contribution in [0.25, 0.3) is 0 Å². The summed E-state index contributed by atoms with van der Waals surface area (Å²) in [6.45, 7) is 8.11. The Hall–Kier alpha value is -1.52. The van der Waals surface area contributed by atoms with Crippen LogP contribution >= 0.6 is 66.7 Å². The number of fused-ring (bicyclic) bond motifs is 3. The van der Waals surface area contributed by atoms with Gasteiger partial charge in [0, 0.05) is 58.0 Å². The second-order valence-corrected chi connectivity index (χ2v) is 16.2. The third-order valence-electron chi connectivity index (χ3n) is 9.57. The number of Topliss-reactive ketones (excluding diaryl/α,β-unsaturated/α-hetero) is 3. The minimum atomic E-state index is -0.467. The number of rotatable bonds is 1. The Kier molecular flexibility index (Phi) is 11.5. The molecule has 0 unspecified atom stereocenters. The average Bonchev–Trinajstić information content (AvgIpc) is 3.22. The van der Waals surface area contributed by atoms with Crippen LogP contribution in [0.1, 0.15) is 80.3 Å². The van der Waals surface area contributed by atoms with Gasteiger partial charge in [-0.1, -0.05) is 46.9 Å². The van der Waals surface area contributed by atoms with Crippen molar-refractivity contribution in [3.63, 3.8) is 0 Å². The fourth-order valence-corrected chi connectivity index (χ4v) is 7.76. The maximum Gasteiger partial charge on any atom is 0.496 e. The van der Waals surface area contributed by atoms with E-state index in [1.807, 2.05) is 64.1 Å². The summed E-state index contributed by atoms with van der Waals surface area (Å²) in [6.07, 6.45) is 5.84. The van der Waals surface area contributed by atoms with E-state index in [0.29, 0.717) is 61.5 Å². The van der Waals surface area contributed by atoms with E-state index in [0.717, 1.165) is 59.5 Å². The normalized spacial score (nSPS) is 19.1. The topological polar surface area (TPSA) is 69.7 Å². The van der Waals surface area contributed by atoms with Crippen LogP contribution in [0.2, 0.25) is 15.1 Å². The summed E-state index contributed by atoms with van der Waals surface area (Å²) in [5.41, 5.74) is 6.95. The van der Waals surface area contributed by atoms with E-state index in [9.17, 15) is 14.4 Å². The molecule has 0 aromatic heterocycles. The predicted octanol–water partition coefficient (Wildman–Crippen LogP) is 9.02. The van der Waals surface area contributed by atoms with Gasteiger partial charge in [-0.3, -0.25) is 14.4 Å². The maximum absolute atomic E-state index is 11.7. The molecule has 1 aliphatic heterocycles. The standard InChI is InChI=1S/C16H20BClO3.2C10H8BrClO/c1-15(2)16(3,4)21-17(20-15)14-12-7-6-11(19)9-10(12)5-8-13(14)18;11-10-8-3-2-7(13)5-6(8)1-4-9(10)12;11-9-4-7-3-8(13)2-1-6(7)5-10(9)12/h5,8H,6-7,9H2,1-4H3;1,4H,2-3,5H2;4-5H,1-3H2. The smallest absolute Gasteiger partial charge is 0.399 e. The van der Waals surface area contributed by atoms with E-state index in [4.69, 9.17) is 44.1 Å². The molecule has 7 rings (SSSR count). The largest absolute Gasteiger partial charge is 0.496 e. The van der Waals surface area contributed by atoms with Gasteiger partial charge in [0.05, 0.1) is 21.2 Å². The Bertz CT molecular complexity index is 1730. The molecular formula is C36H36BBr2Cl3O5. The van der Waals surface area contributed by atoms with Crippen molar-refractivity contribution in [2.24, 2.45) is 0 Å². The third kappa shape index (κ3) is 8.28. The number of hydrogen-bond acceptors (Lipinski definition) is 5. The Morgan fingerprint density at radius 3 is 1.68 bits per heavy atom. The van der Waals surface area contributed by atoms with Crippen LogP contribution in [0.3, 0.4) is 0 Å². The summed E-state index contributed by atoms with van der Waals surface area (Å²) in [5.74, 6) is 0.924. The molecule has 1 fully saturated rings. The van der Waals surface area contributed by atoms with Gasteiger partial charge in [-0.15, -0.1) is 0 Å². The van der Waals surface area contributed by atoms with Crippen LogP contribution in [0.4, 0.5) is 0 Å². The molecule has 1 heterocycles. The highest BCUT2D eigenvalue weighted by Gasteiger charge is 2.53. The van der Waals surface area contributed by atoms with E-state index < -0.39 is 18.3 Å². The molecule has 0 saturated carbocycles. The van der Waals surface area contributed by atoms with Crippen molar-refractivity contribution in [3.8, 4) is 0 Å². The number of benzene rings is 3. The summed E-state index contributed by atoms with van der Waals surface area (Å²) in [4.78, 5) is 34.0. The second-order valence-electron chi connectivity index (χ2n) is 13.4. The minimum Gasteiger partial charge on any atom is -0.399 e. The van der Waals surface area contributed by atoms with Gasteiger partial charge in [-0.2, -0.15) is 0 Å². The molecular weight excluding hydrogens is 789 g/mol. The number of ketones is 3. The molecule has 11 heteroatoms. The highest BCUT2D eigenvalue weighted by Crippen LogP contribution is 2.38. The molecule has 3 aromatic rings. The average molecular weight is 826 g/mol. The van der Waals surface area contributed by atoms with Gasteiger partial charge in [-0.05, 0) is 136 Å². The van der Waals surface area contributed by atoms with Crippen LogP contribution in [0, 0.1) is 0 Å². The lowest BCUT2D eigenvalue weighted by Crippen LogP contribution is -2.41. The Morgan fingerprint density at radius 1 is 0.596 bits per heavy atom. The van der Waals surface area contributed by atoms with Crippen molar-refractivity contribution < 1.29 is 23.7 Å². The van der Waals surface area contributed by atoms with Crippen molar-refractivity contribution in [2.75, 3.05) is 0 Å². The van der Waals surface area contributed by atoms with Crippen molar-refractivity contribution in [1.82, 2.24) is 0 Å². The fourth-order valence-electron chi connectivity index (χ4n) is 6.16. The van der Waals surface area contributed by atoms with Crippen LogP contribution in [-0.4, -0.2) is 35.7 Å². The number of carbonyl (C=O) groups excluding carboxylic acids is 3. The third-order valence-corrected chi connectivity index (χ3v) is 12.5. The number of aryl methyl sites for hydroxylation is 1. The molecule has 4 aliphatic rings. The Balaban J connectivity index is 0.000000145. The SMILES string of the molecule is CC1(C)OB(c2c(Cl)ccc3c2CCC(=O)C3)OC1(C)C.O=C1CCc2c(ccc(Cl)c2Br)C1.O=C1CCc2cc(Cl)c(Br)cc2C1. The minimum absolute atomic E-state index is 0.282. The van der Waals surface area contributed by atoms with E-state index >= 15 is 0 Å². The molecule has 0 bridgehead atoms. The van der Waals surface area contributed by atoms with E-state index in [2.05, 4.69) is 31.9 Å². The van der Waals surface area contributed by atoms with Gasteiger partial charge in [-0.25, -0.2) is 0 Å². The predicted molar refractivity (Wildman–Crippen MR) is 197 cm³/mol. The molecule has 0 radical (unpaired) electrons. The van der Waals surface area contributed by atoms with Crippen LogP contribution in [-0.2, 0) is 62.2 Å². The summed E-state index contributed by atoms with van der Waals surface area (Å²) < 4.78 is 14.1. The maximum atomic E-state index is 11.7. The van der Waals surface area contributed by atoms with E-state index in [1.165, 1.54) is 11.1 Å².